The van der Waals surface area contributed by atoms with Crippen molar-refractivity contribution in [1.82, 2.24) is 0 Å². The molecule has 0 atom stereocenters. The highest BCUT2D eigenvalue weighted by Crippen LogP contribution is 2.43. The zero-order chi connectivity index (χ0) is 16.2. The van der Waals surface area contributed by atoms with Gasteiger partial charge in [-0.3, -0.25) is 0 Å². The molecule has 0 heterocycles. The number of carbonyl (C=O) groups excluding carboxylic acids is 1. The van der Waals surface area contributed by atoms with E-state index < -0.39 is 0 Å². The first-order chi connectivity index (χ1) is 11.2. The molecule has 2 saturated carbocycles. The normalized spacial score (nSPS) is 31.7. The summed E-state index contributed by atoms with van der Waals surface area (Å²) < 4.78 is 13.9. The second-order valence-corrected chi connectivity index (χ2v) is 7.48. The average molecular weight is 317 g/mol. The van der Waals surface area contributed by atoms with Gasteiger partial charge in [0.05, 0.1) is 0 Å². The maximum Gasteiger partial charge on any atom is 0.127 e. The standard InChI is InChI=1S/C20H28FNO/c21-20-11-18(9-10-19(20)12-22)17-7-5-16(6-8-17)15-3-1-14(13-23)2-4-15/h9-11,13-17H,1-8,12,22H2. The number of hydrogen-bond acceptors (Lipinski definition) is 2. The largest absolute Gasteiger partial charge is 0.326 e. The van der Waals surface area contributed by atoms with Crippen LogP contribution >= 0.6 is 0 Å². The number of carbonyl (C=O) groups is 1. The van der Waals surface area contributed by atoms with Gasteiger partial charge in [0.2, 0.25) is 0 Å². The monoisotopic (exact) mass is 317 g/mol. The van der Waals surface area contributed by atoms with Gasteiger partial charge in [0.25, 0.3) is 0 Å². The SMILES string of the molecule is NCc1ccc(C2CCC(C3CCC(C=O)CC3)CC2)cc1F. The summed E-state index contributed by atoms with van der Waals surface area (Å²) in [5.41, 5.74) is 7.29. The second-order valence-electron chi connectivity index (χ2n) is 7.48. The van der Waals surface area contributed by atoms with Gasteiger partial charge >= 0.3 is 0 Å². The van der Waals surface area contributed by atoms with Crippen molar-refractivity contribution >= 4 is 6.29 Å². The Kier molecular flexibility index (Phi) is 5.47. The molecular weight excluding hydrogens is 289 g/mol. The van der Waals surface area contributed by atoms with E-state index in [9.17, 15) is 9.18 Å². The Morgan fingerprint density at radius 3 is 2.13 bits per heavy atom. The van der Waals surface area contributed by atoms with Crippen LogP contribution in [0.4, 0.5) is 4.39 Å². The number of hydrogen-bond donors (Lipinski definition) is 1. The highest BCUT2D eigenvalue weighted by atomic mass is 19.1. The Balaban J connectivity index is 1.54. The van der Waals surface area contributed by atoms with Crippen LogP contribution in [0.2, 0.25) is 0 Å². The summed E-state index contributed by atoms with van der Waals surface area (Å²) in [6, 6.07) is 5.60. The van der Waals surface area contributed by atoms with Gasteiger partial charge in [-0.15, -0.1) is 0 Å². The summed E-state index contributed by atoms with van der Waals surface area (Å²) in [5.74, 6) is 2.28. The van der Waals surface area contributed by atoms with Crippen LogP contribution < -0.4 is 5.73 Å². The number of rotatable bonds is 4. The molecule has 0 amide bonds. The predicted molar refractivity (Wildman–Crippen MR) is 90.5 cm³/mol. The first-order valence-corrected chi connectivity index (χ1v) is 9.15. The van der Waals surface area contributed by atoms with Crippen molar-refractivity contribution in [3.8, 4) is 0 Å². The third-order valence-electron chi connectivity index (χ3n) is 6.22. The first-order valence-electron chi connectivity index (χ1n) is 9.15. The molecule has 3 rings (SSSR count). The molecule has 2 nitrogen and oxygen atoms in total. The van der Waals surface area contributed by atoms with Crippen molar-refractivity contribution in [2.75, 3.05) is 0 Å². The fraction of sp³-hybridized carbons (Fsp3) is 0.650. The summed E-state index contributed by atoms with van der Waals surface area (Å²) in [6.07, 6.45) is 10.6. The number of benzene rings is 1. The van der Waals surface area contributed by atoms with Crippen molar-refractivity contribution in [2.24, 2.45) is 23.5 Å². The van der Waals surface area contributed by atoms with E-state index in [0.29, 0.717) is 17.4 Å². The van der Waals surface area contributed by atoms with Crippen molar-refractivity contribution in [3.63, 3.8) is 0 Å². The maximum atomic E-state index is 13.9. The Hall–Kier alpha value is -1.22. The first kappa shape index (κ1) is 16.6. The van der Waals surface area contributed by atoms with E-state index in [1.165, 1.54) is 38.5 Å². The molecule has 23 heavy (non-hydrogen) atoms. The van der Waals surface area contributed by atoms with Crippen LogP contribution in [-0.4, -0.2) is 6.29 Å². The summed E-state index contributed by atoms with van der Waals surface area (Å²) in [7, 11) is 0. The van der Waals surface area contributed by atoms with Gasteiger partial charge in [0.1, 0.15) is 12.1 Å². The molecule has 2 aliphatic carbocycles. The van der Waals surface area contributed by atoms with Crippen LogP contribution in [-0.2, 0) is 11.3 Å². The van der Waals surface area contributed by atoms with Crippen molar-refractivity contribution < 1.29 is 9.18 Å². The van der Waals surface area contributed by atoms with Gasteiger partial charge < -0.3 is 10.5 Å². The lowest BCUT2D eigenvalue weighted by atomic mass is 9.68. The van der Waals surface area contributed by atoms with Crippen molar-refractivity contribution in [1.29, 1.82) is 0 Å². The van der Waals surface area contributed by atoms with E-state index in [-0.39, 0.29) is 12.4 Å². The maximum absolute atomic E-state index is 13.9. The quantitative estimate of drug-likeness (QED) is 0.827. The fourth-order valence-electron chi connectivity index (χ4n) is 4.66. The van der Waals surface area contributed by atoms with E-state index in [2.05, 4.69) is 6.07 Å². The van der Waals surface area contributed by atoms with Crippen LogP contribution in [0, 0.1) is 23.6 Å². The van der Waals surface area contributed by atoms with E-state index in [0.717, 1.165) is 36.5 Å². The van der Waals surface area contributed by atoms with Crippen molar-refractivity contribution in [2.45, 2.75) is 63.8 Å². The Morgan fingerprint density at radius 1 is 1.00 bits per heavy atom. The zero-order valence-corrected chi connectivity index (χ0v) is 13.8. The number of aldehydes is 1. The minimum absolute atomic E-state index is 0.153. The minimum atomic E-state index is -0.153. The van der Waals surface area contributed by atoms with Crippen LogP contribution in [0.1, 0.15) is 68.4 Å². The molecule has 0 saturated heterocycles. The Labute approximate surface area is 138 Å². The Morgan fingerprint density at radius 2 is 1.61 bits per heavy atom. The molecule has 2 fully saturated rings. The van der Waals surface area contributed by atoms with Gasteiger partial charge in [0, 0.05) is 18.0 Å². The predicted octanol–water partition coefficient (Wildman–Crippen LogP) is 4.56. The van der Waals surface area contributed by atoms with E-state index in [4.69, 9.17) is 5.73 Å². The summed E-state index contributed by atoms with van der Waals surface area (Å²) in [5, 5.41) is 0. The minimum Gasteiger partial charge on any atom is -0.326 e. The lowest BCUT2D eigenvalue weighted by Gasteiger charge is -2.37. The third kappa shape index (κ3) is 3.82. The topological polar surface area (TPSA) is 43.1 Å². The molecule has 126 valence electrons. The van der Waals surface area contributed by atoms with E-state index in [1.807, 2.05) is 6.07 Å². The molecule has 3 heteroatoms. The summed E-state index contributed by atoms with van der Waals surface area (Å²) in [4.78, 5) is 10.9. The molecule has 0 spiro atoms. The lowest BCUT2D eigenvalue weighted by Crippen LogP contribution is -2.25. The van der Waals surface area contributed by atoms with Crippen LogP contribution in [0.15, 0.2) is 18.2 Å². The molecule has 1 aromatic rings. The summed E-state index contributed by atoms with van der Waals surface area (Å²) >= 11 is 0. The lowest BCUT2D eigenvalue weighted by molar-refractivity contribution is -0.112. The highest BCUT2D eigenvalue weighted by Gasteiger charge is 2.31. The van der Waals surface area contributed by atoms with E-state index >= 15 is 0 Å². The number of halogens is 1. The van der Waals surface area contributed by atoms with Gasteiger partial charge in [0.15, 0.2) is 0 Å². The van der Waals surface area contributed by atoms with Gasteiger partial charge in [-0.1, -0.05) is 12.1 Å². The van der Waals surface area contributed by atoms with Gasteiger partial charge in [-0.05, 0) is 80.8 Å². The third-order valence-corrected chi connectivity index (χ3v) is 6.22. The van der Waals surface area contributed by atoms with Crippen molar-refractivity contribution in [3.05, 3.63) is 35.1 Å². The fourth-order valence-corrected chi connectivity index (χ4v) is 4.66. The van der Waals surface area contributed by atoms with Gasteiger partial charge in [-0.25, -0.2) is 4.39 Å². The molecule has 0 bridgehead atoms. The highest BCUT2D eigenvalue weighted by molar-refractivity contribution is 5.53. The molecule has 0 radical (unpaired) electrons. The zero-order valence-electron chi connectivity index (χ0n) is 13.8. The molecule has 2 N–H and O–H groups in total. The smallest absolute Gasteiger partial charge is 0.127 e. The van der Waals surface area contributed by atoms with Gasteiger partial charge in [-0.2, -0.15) is 0 Å². The average Bonchev–Trinajstić information content (AvgIpc) is 2.62. The molecular formula is C20H28FNO. The molecule has 0 aliphatic heterocycles. The second kappa shape index (κ2) is 7.57. The molecule has 0 unspecified atom stereocenters. The molecule has 0 aromatic heterocycles. The van der Waals surface area contributed by atoms with E-state index in [1.54, 1.807) is 6.07 Å². The molecule has 2 aliphatic rings. The number of nitrogens with two attached hydrogens (primary N) is 1. The Bertz CT molecular complexity index is 528. The van der Waals surface area contributed by atoms with Crippen LogP contribution in [0.3, 0.4) is 0 Å². The molecule has 1 aromatic carbocycles. The summed E-state index contributed by atoms with van der Waals surface area (Å²) in [6.45, 7) is 0.266. The van der Waals surface area contributed by atoms with Crippen LogP contribution in [0.25, 0.3) is 0 Å². The van der Waals surface area contributed by atoms with Crippen LogP contribution in [0.5, 0.6) is 0 Å².